The molecule has 0 atom stereocenters. The van der Waals surface area contributed by atoms with Crippen LogP contribution in [0.4, 0.5) is 17.3 Å². The van der Waals surface area contributed by atoms with Gasteiger partial charge in [0, 0.05) is 29.0 Å². The molecule has 2 aromatic heterocycles. The number of amides is 1. The summed E-state index contributed by atoms with van der Waals surface area (Å²) in [5.74, 6) is 0.662. The fourth-order valence-corrected chi connectivity index (χ4v) is 4.79. The quantitative estimate of drug-likeness (QED) is 0.375. The van der Waals surface area contributed by atoms with Crippen LogP contribution in [0.25, 0.3) is 16.7 Å². The first-order valence-corrected chi connectivity index (χ1v) is 12.4. The largest absolute Gasteiger partial charge is 0.324 e. The van der Waals surface area contributed by atoms with Crippen LogP contribution in [0.5, 0.6) is 0 Å². The van der Waals surface area contributed by atoms with Gasteiger partial charge in [0.05, 0.1) is 5.69 Å². The minimum atomic E-state index is -0.325. The van der Waals surface area contributed by atoms with Crippen LogP contribution in [0.1, 0.15) is 29.9 Å². The summed E-state index contributed by atoms with van der Waals surface area (Å²) in [7, 11) is 2.17. The van der Waals surface area contributed by atoms with Crippen LogP contribution in [-0.4, -0.2) is 45.5 Å². The first-order chi connectivity index (χ1) is 17.9. The van der Waals surface area contributed by atoms with Crippen molar-refractivity contribution in [1.29, 1.82) is 0 Å². The van der Waals surface area contributed by atoms with Gasteiger partial charge in [-0.1, -0.05) is 24.8 Å². The highest BCUT2D eigenvalue weighted by Crippen LogP contribution is 2.29. The highest BCUT2D eigenvalue weighted by molar-refractivity contribution is 5.99. The molecule has 37 heavy (non-hydrogen) atoms. The van der Waals surface area contributed by atoms with Gasteiger partial charge in [-0.15, -0.1) is 0 Å². The highest BCUT2D eigenvalue weighted by atomic mass is 16.1. The summed E-state index contributed by atoms with van der Waals surface area (Å²) in [6.45, 7) is 7.60. The fourth-order valence-electron chi connectivity index (χ4n) is 4.79. The minimum Gasteiger partial charge on any atom is -0.324 e. The number of aryl methyl sites for hydroxylation is 1. The Balaban J connectivity index is 1.46. The summed E-state index contributed by atoms with van der Waals surface area (Å²) in [5.41, 5.74) is 4.44. The Morgan fingerprint density at radius 1 is 1.08 bits per heavy atom. The standard InChI is InChI=1S/C29H30N6O2/c1-4-26(36)31-23-6-5-7-24(17-23)35-27(37)16-19(2)25-18-30-29(33-28(25)35)32-22-10-8-20(9-11-22)21-12-14-34(3)15-13-21/h4-11,16-18,21H,1,12-15H2,2-3H3,(H,31,36)(H,30,32,33). The van der Waals surface area contributed by atoms with Gasteiger partial charge >= 0.3 is 0 Å². The van der Waals surface area contributed by atoms with E-state index in [0.29, 0.717) is 28.9 Å². The second-order valence-electron chi connectivity index (χ2n) is 9.50. The molecule has 5 rings (SSSR count). The lowest BCUT2D eigenvalue weighted by Gasteiger charge is -2.29. The minimum absolute atomic E-state index is 0.218. The number of carbonyl (C=O) groups is 1. The van der Waals surface area contributed by atoms with Gasteiger partial charge in [0.2, 0.25) is 11.9 Å². The molecule has 2 aromatic carbocycles. The van der Waals surface area contributed by atoms with Crippen molar-refractivity contribution in [3.05, 3.63) is 94.9 Å². The van der Waals surface area contributed by atoms with Gasteiger partial charge in [-0.25, -0.2) is 4.98 Å². The lowest BCUT2D eigenvalue weighted by atomic mass is 9.89. The fraction of sp³-hybridized carbons (Fsp3) is 0.241. The molecule has 1 aliphatic rings. The number of aromatic nitrogens is 3. The average molecular weight is 495 g/mol. The molecule has 0 radical (unpaired) electrons. The molecule has 0 saturated carbocycles. The number of benzene rings is 2. The van der Waals surface area contributed by atoms with E-state index in [1.165, 1.54) is 29.0 Å². The van der Waals surface area contributed by atoms with Gasteiger partial charge in [0.25, 0.3) is 5.56 Å². The van der Waals surface area contributed by atoms with Crippen molar-refractivity contribution in [3.8, 4) is 5.69 Å². The van der Waals surface area contributed by atoms with Crippen LogP contribution in [0.2, 0.25) is 0 Å². The Kier molecular flexibility index (Phi) is 6.83. The third-order valence-electron chi connectivity index (χ3n) is 6.88. The van der Waals surface area contributed by atoms with Crippen LogP contribution in [0.15, 0.2) is 78.2 Å². The Bertz CT molecular complexity index is 1520. The lowest BCUT2D eigenvalue weighted by Crippen LogP contribution is -2.29. The molecule has 0 unspecified atom stereocenters. The predicted molar refractivity (Wildman–Crippen MR) is 148 cm³/mol. The van der Waals surface area contributed by atoms with E-state index in [-0.39, 0.29) is 11.5 Å². The molecule has 8 heteroatoms. The Hall–Kier alpha value is -4.30. The van der Waals surface area contributed by atoms with Crippen molar-refractivity contribution < 1.29 is 4.79 Å². The van der Waals surface area contributed by atoms with Crippen molar-refractivity contribution in [2.75, 3.05) is 30.8 Å². The zero-order chi connectivity index (χ0) is 25.9. The molecule has 0 spiro atoms. The number of anilines is 3. The number of hydrogen-bond donors (Lipinski definition) is 2. The van der Waals surface area contributed by atoms with E-state index in [9.17, 15) is 9.59 Å². The second kappa shape index (κ2) is 10.4. The number of fused-ring (bicyclic) bond motifs is 1. The van der Waals surface area contributed by atoms with E-state index in [1.807, 2.05) is 6.92 Å². The number of rotatable bonds is 6. The van der Waals surface area contributed by atoms with E-state index in [2.05, 4.69) is 58.4 Å². The molecular formula is C29H30N6O2. The van der Waals surface area contributed by atoms with Gasteiger partial charge in [0.1, 0.15) is 0 Å². The van der Waals surface area contributed by atoms with Crippen molar-refractivity contribution in [2.45, 2.75) is 25.7 Å². The van der Waals surface area contributed by atoms with Crippen molar-refractivity contribution in [2.24, 2.45) is 0 Å². The van der Waals surface area contributed by atoms with Crippen LogP contribution in [-0.2, 0) is 4.79 Å². The molecule has 2 N–H and O–H groups in total. The maximum atomic E-state index is 13.1. The first-order valence-electron chi connectivity index (χ1n) is 12.4. The topological polar surface area (TPSA) is 92.1 Å². The molecule has 188 valence electrons. The molecule has 1 amide bonds. The molecule has 4 aromatic rings. The van der Waals surface area contributed by atoms with Crippen LogP contribution in [0.3, 0.4) is 0 Å². The van der Waals surface area contributed by atoms with Gasteiger partial charge in [0.15, 0.2) is 5.65 Å². The van der Waals surface area contributed by atoms with Crippen LogP contribution in [0, 0.1) is 6.92 Å². The summed E-state index contributed by atoms with van der Waals surface area (Å²) >= 11 is 0. The zero-order valence-corrected chi connectivity index (χ0v) is 21.1. The second-order valence-corrected chi connectivity index (χ2v) is 9.50. The summed E-state index contributed by atoms with van der Waals surface area (Å²) in [4.78, 5) is 36.5. The van der Waals surface area contributed by atoms with Crippen molar-refractivity contribution in [1.82, 2.24) is 19.4 Å². The maximum Gasteiger partial charge on any atom is 0.257 e. The number of piperidine rings is 1. The van der Waals surface area contributed by atoms with Gasteiger partial charge in [-0.3, -0.25) is 14.2 Å². The summed E-state index contributed by atoms with van der Waals surface area (Å²) in [6.07, 6.45) is 5.27. The highest BCUT2D eigenvalue weighted by Gasteiger charge is 2.18. The Morgan fingerprint density at radius 3 is 2.57 bits per heavy atom. The third kappa shape index (κ3) is 5.29. The van der Waals surface area contributed by atoms with E-state index in [1.54, 1.807) is 36.5 Å². The van der Waals surface area contributed by atoms with E-state index in [0.717, 1.165) is 29.7 Å². The number of nitrogens with one attached hydrogen (secondary N) is 2. The van der Waals surface area contributed by atoms with Crippen LogP contribution < -0.4 is 16.2 Å². The normalized spacial score (nSPS) is 14.4. The number of likely N-dealkylation sites (tertiary alicyclic amines) is 1. The molecule has 0 bridgehead atoms. The summed E-state index contributed by atoms with van der Waals surface area (Å²) < 4.78 is 1.53. The summed E-state index contributed by atoms with van der Waals surface area (Å²) in [6, 6.07) is 17.1. The third-order valence-corrected chi connectivity index (χ3v) is 6.88. The monoisotopic (exact) mass is 494 g/mol. The smallest absolute Gasteiger partial charge is 0.257 e. The van der Waals surface area contributed by atoms with Crippen molar-refractivity contribution >= 4 is 34.3 Å². The van der Waals surface area contributed by atoms with E-state index >= 15 is 0 Å². The van der Waals surface area contributed by atoms with Gasteiger partial charge in [-0.05, 0) is 93.4 Å². The maximum absolute atomic E-state index is 13.1. The van der Waals surface area contributed by atoms with E-state index < -0.39 is 0 Å². The van der Waals surface area contributed by atoms with Gasteiger partial charge in [-0.2, -0.15) is 4.98 Å². The molecule has 8 nitrogen and oxygen atoms in total. The SMILES string of the molecule is C=CC(=O)Nc1cccc(-n2c(=O)cc(C)c3cnc(Nc4ccc(C5CCN(C)CC5)cc4)nc32)c1. The molecule has 0 aliphatic carbocycles. The van der Waals surface area contributed by atoms with Crippen LogP contribution >= 0.6 is 0 Å². The molecule has 3 heterocycles. The average Bonchev–Trinajstić information content (AvgIpc) is 2.90. The molecule has 1 fully saturated rings. The van der Waals surface area contributed by atoms with Gasteiger partial charge < -0.3 is 15.5 Å². The lowest BCUT2D eigenvalue weighted by molar-refractivity contribution is -0.111. The van der Waals surface area contributed by atoms with Crippen molar-refractivity contribution in [3.63, 3.8) is 0 Å². The molecule has 1 saturated heterocycles. The number of pyridine rings is 1. The first kappa shape index (κ1) is 24.4. The summed E-state index contributed by atoms with van der Waals surface area (Å²) in [5, 5.41) is 6.78. The molecular weight excluding hydrogens is 464 g/mol. The predicted octanol–water partition coefficient (Wildman–Crippen LogP) is 4.77. The number of hydrogen-bond acceptors (Lipinski definition) is 6. The van der Waals surface area contributed by atoms with E-state index in [4.69, 9.17) is 4.98 Å². The zero-order valence-electron chi connectivity index (χ0n) is 21.1. The Labute approximate surface area is 215 Å². The number of nitrogens with zero attached hydrogens (tertiary/aromatic N) is 4. The number of carbonyl (C=O) groups excluding carboxylic acids is 1. The Morgan fingerprint density at radius 2 is 1.84 bits per heavy atom. The molecule has 1 aliphatic heterocycles.